The number of aliphatic hydroxyl groups excluding tert-OH is 8. The Balaban J connectivity index is 1.14. The summed E-state index contributed by atoms with van der Waals surface area (Å²) in [5.41, 5.74) is 1.59. The predicted molar refractivity (Wildman–Crippen MR) is 159 cm³/mol. The molecule has 0 amide bonds. The molecular formula is C32H42O16. The zero-order valence-electron chi connectivity index (χ0n) is 26.2. The zero-order valence-corrected chi connectivity index (χ0v) is 26.2. The van der Waals surface area contributed by atoms with Crippen LogP contribution < -0.4 is 18.9 Å². The molecule has 0 aromatic heterocycles. The van der Waals surface area contributed by atoms with Crippen molar-refractivity contribution in [3.05, 3.63) is 47.5 Å². The van der Waals surface area contributed by atoms with Gasteiger partial charge in [0.05, 0.1) is 52.9 Å². The van der Waals surface area contributed by atoms with Crippen LogP contribution in [0.25, 0.3) is 0 Å². The molecule has 0 aliphatic carbocycles. The molecule has 4 aliphatic heterocycles. The summed E-state index contributed by atoms with van der Waals surface area (Å²) >= 11 is 0. The minimum absolute atomic E-state index is 0.0204. The third-order valence-corrected chi connectivity index (χ3v) is 9.48. The van der Waals surface area contributed by atoms with E-state index in [0.29, 0.717) is 24.7 Å². The van der Waals surface area contributed by atoms with E-state index in [0.717, 1.165) is 11.1 Å². The highest BCUT2D eigenvalue weighted by molar-refractivity contribution is 5.46. The normalized spacial score (nSPS) is 39.5. The van der Waals surface area contributed by atoms with Gasteiger partial charge in [-0.05, 0) is 35.4 Å². The molecule has 2 aromatic carbocycles. The lowest BCUT2D eigenvalue weighted by Crippen LogP contribution is -2.60. The Morgan fingerprint density at radius 2 is 0.958 bits per heavy atom. The van der Waals surface area contributed by atoms with E-state index in [1.54, 1.807) is 36.4 Å². The minimum Gasteiger partial charge on any atom is -0.493 e. The monoisotopic (exact) mass is 682 g/mol. The molecule has 4 saturated heterocycles. The van der Waals surface area contributed by atoms with Crippen molar-refractivity contribution in [1.82, 2.24) is 0 Å². The summed E-state index contributed by atoms with van der Waals surface area (Å²) in [7, 11) is 2.90. The van der Waals surface area contributed by atoms with E-state index in [9.17, 15) is 40.9 Å². The number of ether oxygens (including phenoxy) is 8. The van der Waals surface area contributed by atoms with Gasteiger partial charge >= 0.3 is 0 Å². The summed E-state index contributed by atoms with van der Waals surface area (Å²) in [4.78, 5) is 0. The van der Waals surface area contributed by atoms with Gasteiger partial charge in [-0.2, -0.15) is 0 Å². The van der Waals surface area contributed by atoms with Gasteiger partial charge in [-0.3, -0.25) is 0 Å². The Morgan fingerprint density at radius 1 is 0.562 bits per heavy atom. The van der Waals surface area contributed by atoms with Crippen LogP contribution in [0.15, 0.2) is 36.4 Å². The standard InChI is InChI=1S/C32H42O16/c1-41-19-7-13(3-5-17(19)45-31-27(39)25(37)23(35)21(9-33)47-31)29-15-11-44-30(16(15)12-43-29)14-4-6-18(20(8-14)42-2)46-32-28(40)26(38)24(36)22(10-34)48-32/h3-8,15-16,21-40H,9-12H2,1-2H3/t15-,16+,21-,22-,23+,24+,25+,26+,27+,28+,29+,30-,31+,32+/m0/s1. The van der Waals surface area contributed by atoms with Crippen molar-refractivity contribution in [2.75, 3.05) is 40.6 Å². The predicted octanol–water partition coefficient (Wildman–Crippen LogP) is -1.86. The van der Waals surface area contributed by atoms with Crippen molar-refractivity contribution in [3.8, 4) is 23.0 Å². The van der Waals surface area contributed by atoms with Crippen molar-refractivity contribution < 1.29 is 78.7 Å². The van der Waals surface area contributed by atoms with Gasteiger partial charge in [-0.1, -0.05) is 12.1 Å². The number of aliphatic hydroxyl groups is 8. The summed E-state index contributed by atoms with van der Waals surface area (Å²) in [6, 6.07) is 10.3. The highest BCUT2D eigenvalue weighted by Crippen LogP contribution is 2.52. The summed E-state index contributed by atoms with van der Waals surface area (Å²) in [5, 5.41) is 80.1. The van der Waals surface area contributed by atoms with Gasteiger partial charge in [0.2, 0.25) is 12.6 Å². The number of hydrogen-bond acceptors (Lipinski definition) is 16. The summed E-state index contributed by atoms with van der Waals surface area (Å²) in [5.74, 6) is 0.997. The Morgan fingerprint density at radius 3 is 1.31 bits per heavy atom. The molecule has 266 valence electrons. The molecule has 2 aromatic rings. The molecule has 0 saturated carbocycles. The van der Waals surface area contributed by atoms with Crippen LogP contribution in [-0.4, -0.2) is 143 Å². The lowest BCUT2D eigenvalue weighted by molar-refractivity contribution is -0.277. The molecule has 8 N–H and O–H groups in total. The molecule has 14 atom stereocenters. The molecule has 0 bridgehead atoms. The van der Waals surface area contributed by atoms with E-state index >= 15 is 0 Å². The molecule has 48 heavy (non-hydrogen) atoms. The van der Waals surface area contributed by atoms with E-state index in [-0.39, 0.29) is 35.5 Å². The smallest absolute Gasteiger partial charge is 0.229 e. The first-order valence-corrected chi connectivity index (χ1v) is 15.6. The van der Waals surface area contributed by atoms with E-state index < -0.39 is 74.6 Å². The second kappa shape index (κ2) is 14.6. The molecule has 16 nitrogen and oxygen atoms in total. The number of methoxy groups -OCH3 is 2. The zero-order chi connectivity index (χ0) is 34.3. The van der Waals surface area contributed by atoms with Crippen LogP contribution in [0, 0.1) is 11.8 Å². The molecule has 4 fully saturated rings. The molecule has 6 rings (SSSR count). The average Bonchev–Trinajstić information content (AvgIpc) is 3.72. The Kier molecular flexibility index (Phi) is 10.6. The maximum atomic E-state index is 10.4. The average molecular weight is 683 g/mol. The van der Waals surface area contributed by atoms with E-state index in [2.05, 4.69) is 0 Å². The lowest BCUT2D eigenvalue weighted by atomic mass is 9.85. The first kappa shape index (κ1) is 35.0. The van der Waals surface area contributed by atoms with E-state index in [1.165, 1.54) is 14.2 Å². The number of benzene rings is 2. The van der Waals surface area contributed by atoms with Gasteiger partial charge < -0.3 is 78.7 Å². The molecule has 4 heterocycles. The van der Waals surface area contributed by atoms with Crippen LogP contribution in [0.1, 0.15) is 23.3 Å². The van der Waals surface area contributed by atoms with Crippen molar-refractivity contribution in [1.29, 1.82) is 0 Å². The van der Waals surface area contributed by atoms with Crippen LogP contribution in [0.3, 0.4) is 0 Å². The Labute approximate surface area is 275 Å². The van der Waals surface area contributed by atoms with Gasteiger partial charge in [-0.25, -0.2) is 0 Å². The first-order valence-electron chi connectivity index (χ1n) is 15.6. The van der Waals surface area contributed by atoms with Gasteiger partial charge in [0.15, 0.2) is 23.0 Å². The largest absolute Gasteiger partial charge is 0.493 e. The van der Waals surface area contributed by atoms with Crippen molar-refractivity contribution in [2.45, 2.75) is 73.6 Å². The molecule has 0 radical (unpaired) electrons. The molecule has 4 aliphatic rings. The second-order valence-electron chi connectivity index (χ2n) is 12.3. The fourth-order valence-electron chi connectivity index (χ4n) is 6.73. The van der Waals surface area contributed by atoms with E-state index in [4.69, 9.17) is 37.9 Å². The first-order chi connectivity index (χ1) is 23.1. The fourth-order valence-corrected chi connectivity index (χ4v) is 6.73. The van der Waals surface area contributed by atoms with E-state index in [1.807, 2.05) is 0 Å². The molecule has 16 heteroatoms. The molecular weight excluding hydrogens is 640 g/mol. The van der Waals surface area contributed by atoms with Crippen LogP contribution in [0.2, 0.25) is 0 Å². The van der Waals surface area contributed by atoms with Gasteiger partial charge in [-0.15, -0.1) is 0 Å². The van der Waals surface area contributed by atoms with Crippen molar-refractivity contribution in [3.63, 3.8) is 0 Å². The van der Waals surface area contributed by atoms with Gasteiger partial charge in [0.25, 0.3) is 0 Å². The van der Waals surface area contributed by atoms with Crippen molar-refractivity contribution in [2.24, 2.45) is 11.8 Å². The number of fused-ring (bicyclic) bond motifs is 1. The minimum atomic E-state index is -1.59. The van der Waals surface area contributed by atoms with Crippen LogP contribution in [0.4, 0.5) is 0 Å². The summed E-state index contributed by atoms with van der Waals surface area (Å²) < 4.78 is 46.1. The van der Waals surface area contributed by atoms with Crippen LogP contribution in [-0.2, 0) is 18.9 Å². The maximum absolute atomic E-state index is 10.4. The van der Waals surface area contributed by atoms with Crippen LogP contribution in [0.5, 0.6) is 23.0 Å². The summed E-state index contributed by atoms with van der Waals surface area (Å²) in [6.07, 6.45) is -15.0. The molecule has 0 spiro atoms. The summed E-state index contributed by atoms with van der Waals surface area (Å²) in [6.45, 7) is -0.371. The Hall–Kier alpha value is -2.84. The third-order valence-electron chi connectivity index (χ3n) is 9.48. The number of rotatable bonds is 10. The Bertz CT molecular complexity index is 1290. The highest BCUT2D eigenvalue weighted by atomic mass is 16.7. The highest BCUT2D eigenvalue weighted by Gasteiger charge is 2.49. The third kappa shape index (κ3) is 6.44. The van der Waals surface area contributed by atoms with Gasteiger partial charge in [0, 0.05) is 11.8 Å². The van der Waals surface area contributed by atoms with Crippen molar-refractivity contribution >= 4 is 0 Å². The maximum Gasteiger partial charge on any atom is 0.229 e. The second-order valence-corrected chi connectivity index (χ2v) is 12.3. The lowest BCUT2D eigenvalue weighted by Gasteiger charge is -2.39. The van der Waals surface area contributed by atoms with Crippen LogP contribution >= 0.6 is 0 Å². The number of hydrogen-bond donors (Lipinski definition) is 8. The van der Waals surface area contributed by atoms with Gasteiger partial charge in [0.1, 0.15) is 48.8 Å². The fraction of sp³-hybridized carbons (Fsp3) is 0.625. The quantitative estimate of drug-likeness (QED) is 0.137. The topological polar surface area (TPSA) is 236 Å². The molecule has 0 unspecified atom stereocenters. The SMILES string of the molecule is COc1cc([C@H]2OC[C@@H]3[C@@H]2CO[C@H]3c2ccc(O[C@@H]3O[C@@H](CO)[C@@H](O)[C@@H](O)[C@H]3O)c(OC)c2)ccc1O[C@@H]1O[C@@H](CO)[C@@H](O)[C@@H](O)[C@H]1O.